The highest BCUT2D eigenvalue weighted by Crippen LogP contribution is 2.32. The zero-order valence-electron chi connectivity index (χ0n) is 12.3. The fraction of sp³-hybridized carbons (Fsp3) is 0.500. The summed E-state index contributed by atoms with van der Waals surface area (Å²) < 4.78 is 0. The van der Waals surface area contributed by atoms with Crippen molar-refractivity contribution in [3.05, 3.63) is 47.0 Å². The molecule has 0 aromatic carbocycles. The van der Waals surface area contributed by atoms with Crippen molar-refractivity contribution in [2.75, 3.05) is 6.54 Å². The zero-order valence-corrected chi connectivity index (χ0v) is 12.3. The van der Waals surface area contributed by atoms with E-state index in [0.717, 1.165) is 24.5 Å². The second-order valence-electron chi connectivity index (χ2n) is 5.72. The summed E-state index contributed by atoms with van der Waals surface area (Å²) in [7, 11) is 0. The van der Waals surface area contributed by atoms with Gasteiger partial charge in [-0.3, -0.25) is 15.0 Å². The molecule has 106 valence electrons. The third-order valence-electron chi connectivity index (χ3n) is 4.13. The molecule has 3 heterocycles. The molecule has 0 unspecified atom stereocenters. The molecule has 2 aromatic rings. The number of nitrogens with one attached hydrogen (secondary N) is 1. The third-order valence-corrected chi connectivity index (χ3v) is 4.13. The first-order valence-electron chi connectivity index (χ1n) is 7.40. The van der Waals surface area contributed by atoms with Crippen molar-refractivity contribution in [1.82, 2.24) is 20.1 Å². The van der Waals surface area contributed by atoms with Gasteiger partial charge in [-0.05, 0) is 50.9 Å². The van der Waals surface area contributed by atoms with E-state index < -0.39 is 0 Å². The topological polar surface area (TPSA) is 44.8 Å². The Morgan fingerprint density at radius 1 is 1.30 bits per heavy atom. The number of nitrogens with zero attached hydrogens (tertiary/aromatic N) is 3. The van der Waals surface area contributed by atoms with Gasteiger partial charge in [0.1, 0.15) is 0 Å². The summed E-state index contributed by atoms with van der Waals surface area (Å²) in [5, 5.41) is 7.38. The van der Waals surface area contributed by atoms with Gasteiger partial charge in [-0.1, -0.05) is 12.5 Å². The monoisotopic (exact) mass is 270 g/mol. The lowest BCUT2D eigenvalue weighted by Gasteiger charge is -2.35. The first-order valence-corrected chi connectivity index (χ1v) is 7.40. The van der Waals surface area contributed by atoms with E-state index >= 15 is 0 Å². The predicted molar refractivity (Wildman–Crippen MR) is 79.3 cm³/mol. The van der Waals surface area contributed by atoms with Gasteiger partial charge >= 0.3 is 0 Å². The van der Waals surface area contributed by atoms with E-state index in [1.54, 1.807) is 0 Å². The number of aromatic nitrogens is 3. The normalized spacial score (nSPS) is 20.2. The molecule has 2 aromatic heterocycles. The lowest BCUT2D eigenvalue weighted by molar-refractivity contribution is 0.135. The fourth-order valence-corrected chi connectivity index (χ4v) is 3.10. The molecular weight excluding hydrogens is 248 g/mol. The van der Waals surface area contributed by atoms with Crippen molar-refractivity contribution in [1.29, 1.82) is 0 Å². The molecule has 1 atom stereocenters. The molecule has 0 radical (unpaired) electrons. The van der Waals surface area contributed by atoms with Crippen molar-refractivity contribution < 1.29 is 0 Å². The number of likely N-dealkylation sites (tertiary alicyclic amines) is 1. The molecule has 0 aliphatic carbocycles. The highest BCUT2D eigenvalue weighted by atomic mass is 15.2. The molecule has 0 saturated carbocycles. The molecule has 1 saturated heterocycles. The molecule has 3 rings (SSSR count). The van der Waals surface area contributed by atoms with Crippen molar-refractivity contribution in [3.8, 4) is 0 Å². The van der Waals surface area contributed by atoms with Gasteiger partial charge in [0.15, 0.2) is 0 Å². The number of H-pyrrole nitrogens is 1. The van der Waals surface area contributed by atoms with Crippen LogP contribution in [0.4, 0.5) is 0 Å². The number of aromatic amines is 1. The van der Waals surface area contributed by atoms with E-state index in [-0.39, 0.29) is 0 Å². The molecule has 4 heteroatoms. The molecular formula is C16H22N4. The molecule has 1 aliphatic rings. The predicted octanol–water partition coefficient (Wildman–Crippen LogP) is 3.15. The second-order valence-corrected chi connectivity index (χ2v) is 5.72. The highest BCUT2D eigenvalue weighted by molar-refractivity contribution is 5.19. The number of pyridine rings is 1. The Hall–Kier alpha value is -1.68. The maximum atomic E-state index is 4.64. The van der Waals surface area contributed by atoms with Gasteiger partial charge < -0.3 is 0 Å². The number of piperidine rings is 1. The lowest BCUT2D eigenvalue weighted by Crippen LogP contribution is -2.33. The summed E-state index contributed by atoms with van der Waals surface area (Å²) in [6.07, 6.45) is 5.69. The Kier molecular flexibility index (Phi) is 3.83. The van der Waals surface area contributed by atoms with Gasteiger partial charge in [0, 0.05) is 12.2 Å². The molecule has 1 N–H and O–H groups in total. The minimum Gasteiger partial charge on any atom is -0.289 e. The third kappa shape index (κ3) is 2.75. The molecule has 1 fully saturated rings. The molecule has 20 heavy (non-hydrogen) atoms. The van der Waals surface area contributed by atoms with Crippen LogP contribution in [0.25, 0.3) is 0 Å². The van der Waals surface area contributed by atoms with Crippen molar-refractivity contribution in [3.63, 3.8) is 0 Å². The molecule has 1 aliphatic heterocycles. The van der Waals surface area contributed by atoms with Crippen molar-refractivity contribution >= 4 is 0 Å². The van der Waals surface area contributed by atoms with Gasteiger partial charge in [-0.15, -0.1) is 0 Å². The summed E-state index contributed by atoms with van der Waals surface area (Å²) in [5.74, 6) is 0. The Morgan fingerprint density at radius 2 is 2.20 bits per heavy atom. The van der Waals surface area contributed by atoms with Crippen LogP contribution >= 0.6 is 0 Å². The van der Waals surface area contributed by atoms with Gasteiger partial charge in [0.2, 0.25) is 0 Å². The molecule has 0 spiro atoms. The van der Waals surface area contributed by atoms with Gasteiger partial charge in [-0.2, -0.15) is 5.10 Å². The largest absolute Gasteiger partial charge is 0.289 e. The number of aryl methyl sites for hydroxylation is 2. The standard InChI is InChI=1S/C16H22N4/c1-12-10-17-19-16(12)15-8-3-4-9-20(15)11-14-7-5-6-13(2)18-14/h5-7,10,15H,3-4,8-9,11H2,1-2H3,(H,17,19)/t15-/m0/s1. The summed E-state index contributed by atoms with van der Waals surface area (Å²) in [4.78, 5) is 7.17. The number of hydrogen-bond donors (Lipinski definition) is 1. The fourth-order valence-electron chi connectivity index (χ4n) is 3.10. The van der Waals surface area contributed by atoms with Crippen LogP contribution in [-0.4, -0.2) is 26.6 Å². The smallest absolute Gasteiger partial charge is 0.0553 e. The van der Waals surface area contributed by atoms with Crippen LogP contribution in [0, 0.1) is 13.8 Å². The highest BCUT2D eigenvalue weighted by Gasteiger charge is 2.26. The Morgan fingerprint density at radius 3 is 2.95 bits per heavy atom. The zero-order chi connectivity index (χ0) is 13.9. The van der Waals surface area contributed by atoms with Crippen LogP contribution in [-0.2, 0) is 6.54 Å². The van der Waals surface area contributed by atoms with Crippen LogP contribution in [0.3, 0.4) is 0 Å². The first kappa shape index (κ1) is 13.3. The minimum absolute atomic E-state index is 0.452. The van der Waals surface area contributed by atoms with Crippen LogP contribution in [0.15, 0.2) is 24.4 Å². The lowest BCUT2D eigenvalue weighted by atomic mass is 9.97. The Bertz CT molecular complexity index is 575. The van der Waals surface area contributed by atoms with Crippen molar-refractivity contribution in [2.24, 2.45) is 0 Å². The van der Waals surface area contributed by atoms with E-state index in [0.29, 0.717) is 6.04 Å². The van der Waals surface area contributed by atoms with Crippen LogP contribution in [0.1, 0.15) is 47.9 Å². The summed E-state index contributed by atoms with van der Waals surface area (Å²) in [5.41, 5.74) is 4.79. The number of hydrogen-bond acceptors (Lipinski definition) is 3. The summed E-state index contributed by atoms with van der Waals surface area (Å²) in [6.45, 7) is 6.25. The Labute approximate surface area is 120 Å². The molecule has 4 nitrogen and oxygen atoms in total. The number of rotatable bonds is 3. The van der Waals surface area contributed by atoms with E-state index in [9.17, 15) is 0 Å². The van der Waals surface area contributed by atoms with Crippen LogP contribution < -0.4 is 0 Å². The maximum absolute atomic E-state index is 4.64. The van der Waals surface area contributed by atoms with Gasteiger partial charge in [-0.25, -0.2) is 0 Å². The average molecular weight is 270 g/mol. The van der Waals surface area contributed by atoms with E-state index in [2.05, 4.69) is 52.1 Å². The van der Waals surface area contributed by atoms with Crippen molar-refractivity contribution in [2.45, 2.75) is 45.7 Å². The Balaban J connectivity index is 1.81. The molecule has 0 bridgehead atoms. The summed E-state index contributed by atoms with van der Waals surface area (Å²) in [6, 6.07) is 6.72. The van der Waals surface area contributed by atoms with E-state index in [1.807, 2.05) is 6.20 Å². The molecule has 0 amide bonds. The quantitative estimate of drug-likeness (QED) is 0.932. The van der Waals surface area contributed by atoms with Gasteiger partial charge in [0.25, 0.3) is 0 Å². The summed E-state index contributed by atoms with van der Waals surface area (Å²) >= 11 is 0. The first-order chi connectivity index (χ1) is 9.74. The van der Waals surface area contributed by atoms with Gasteiger partial charge in [0.05, 0.1) is 23.6 Å². The van der Waals surface area contributed by atoms with E-state index in [4.69, 9.17) is 0 Å². The minimum atomic E-state index is 0.452. The van der Waals surface area contributed by atoms with Crippen LogP contribution in [0.2, 0.25) is 0 Å². The second kappa shape index (κ2) is 5.75. The van der Waals surface area contributed by atoms with E-state index in [1.165, 1.54) is 30.5 Å². The maximum Gasteiger partial charge on any atom is 0.0553 e. The SMILES string of the molecule is Cc1cccc(CN2CCCC[C@H]2c2[nH]ncc2C)n1. The average Bonchev–Trinajstić information content (AvgIpc) is 2.86. The van der Waals surface area contributed by atoms with Crippen LogP contribution in [0.5, 0.6) is 0 Å².